The van der Waals surface area contributed by atoms with Crippen LogP contribution < -0.4 is 15.4 Å². The molecule has 0 bridgehead atoms. The van der Waals surface area contributed by atoms with Crippen LogP contribution in [0.4, 0.5) is 0 Å². The number of likely N-dealkylation sites (N-methyl/N-ethyl adjacent to an activating group) is 1. The number of ether oxygens (including phenoxy) is 1. The van der Waals surface area contributed by atoms with E-state index >= 15 is 0 Å². The van der Waals surface area contributed by atoms with Gasteiger partial charge in [-0.25, -0.2) is 0 Å². The Morgan fingerprint density at radius 2 is 1.76 bits per heavy atom. The number of rotatable bonds is 7. The monoisotopic (exact) mass is 340 g/mol. The lowest BCUT2D eigenvalue weighted by Gasteiger charge is -2.16. The summed E-state index contributed by atoms with van der Waals surface area (Å²) in [6, 6.07) is 14.5. The molecule has 0 aliphatic rings. The molecular weight excluding hydrogens is 316 g/mol. The van der Waals surface area contributed by atoms with E-state index in [2.05, 4.69) is 10.6 Å². The van der Waals surface area contributed by atoms with E-state index in [1.165, 1.54) is 0 Å². The molecule has 0 unspecified atom stereocenters. The van der Waals surface area contributed by atoms with Crippen molar-refractivity contribution in [3.63, 3.8) is 0 Å². The van der Waals surface area contributed by atoms with E-state index in [0.29, 0.717) is 12.0 Å². The molecule has 1 atom stereocenters. The van der Waals surface area contributed by atoms with Gasteiger partial charge in [0.25, 0.3) is 5.91 Å². The molecule has 0 spiro atoms. The maximum atomic E-state index is 12.5. The Morgan fingerprint density at radius 1 is 1.08 bits per heavy atom. The van der Waals surface area contributed by atoms with Crippen molar-refractivity contribution in [3.05, 3.63) is 54.1 Å². The van der Waals surface area contributed by atoms with Gasteiger partial charge in [0, 0.05) is 12.6 Å². The molecule has 132 valence electrons. The highest BCUT2D eigenvalue weighted by molar-refractivity contribution is 5.98. The van der Waals surface area contributed by atoms with Gasteiger partial charge in [-0.3, -0.25) is 9.59 Å². The Hall–Kier alpha value is -2.82. The average molecular weight is 340 g/mol. The Labute approximate surface area is 148 Å². The minimum Gasteiger partial charge on any atom is -0.497 e. The second-order valence-electron chi connectivity index (χ2n) is 5.74. The van der Waals surface area contributed by atoms with Gasteiger partial charge in [-0.2, -0.15) is 0 Å². The van der Waals surface area contributed by atoms with Crippen LogP contribution in [0.1, 0.15) is 30.1 Å². The Kier molecular flexibility index (Phi) is 6.57. The Balaban J connectivity index is 2.22. The molecule has 0 radical (unpaired) electrons. The van der Waals surface area contributed by atoms with Crippen molar-refractivity contribution in [1.82, 2.24) is 10.6 Å². The maximum Gasteiger partial charge on any atom is 0.251 e. The van der Waals surface area contributed by atoms with Crippen LogP contribution >= 0.6 is 0 Å². The lowest BCUT2D eigenvalue weighted by molar-refractivity contribution is -0.122. The number of amides is 2. The molecule has 2 rings (SSSR count). The van der Waals surface area contributed by atoms with Gasteiger partial charge in [0.2, 0.25) is 5.91 Å². The summed E-state index contributed by atoms with van der Waals surface area (Å²) in [7, 11) is 3.19. The molecule has 25 heavy (non-hydrogen) atoms. The zero-order valence-corrected chi connectivity index (χ0v) is 14.8. The van der Waals surface area contributed by atoms with E-state index < -0.39 is 6.04 Å². The largest absolute Gasteiger partial charge is 0.497 e. The van der Waals surface area contributed by atoms with E-state index in [0.717, 1.165) is 23.3 Å². The SMILES string of the molecule is CCC[C@H](NC(=O)c1cccc(-c2cccc(OC)c2)c1)C(=O)NC. The topological polar surface area (TPSA) is 67.4 Å². The molecule has 2 aromatic carbocycles. The first kappa shape index (κ1) is 18.5. The maximum absolute atomic E-state index is 12.5. The fraction of sp³-hybridized carbons (Fsp3) is 0.300. The highest BCUT2D eigenvalue weighted by Crippen LogP contribution is 2.24. The standard InChI is InChI=1S/C20H24N2O3/c1-4-7-18(20(24)21-2)22-19(23)16-10-5-8-14(12-16)15-9-6-11-17(13-15)25-3/h5-6,8-13,18H,4,7H2,1-3H3,(H,21,24)(H,22,23)/t18-/m0/s1. The van der Waals surface area contributed by atoms with Crippen molar-refractivity contribution in [3.8, 4) is 16.9 Å². The number of nitrogens with one attached hydrogen (secondary N) is 2. The molecule has 0 saturated heterocycles. The summed E-state index contributed by atoms with van der Waals surface area (Å²) < 4.78 is 5.25. The third-order valence-electron chi connectivity index (χ3n) is 3.97. The van der Waals surface area contributed by atoms with Gasteiger partial charge in [-0.15, -0.1) is 0 Å². The highest BCUT2D eigenvalue weighted by atomic mass is 16.5. The minimum atomic E-state index is -0.525. The van der Waals surface area contributed by atoms with Crippen LogP contribution in [-0.2, 0) is 4.79 Å². The van der Waals surface area contributed by atoms with Gasteiger partial charge in [-0.1, -0.05) is 37.6 Å². The summed E-state index contributed by atoms with van der Waals surface area (Å²) in [4.78, 5) is 24.4. The Morgan fingerprint density at radius 3 is 2.40 bits per heavy atom. The van der Waals surface area contributed by atoms with Crippen molar-refractivity contribution >= 4 is 11.8 Å². The lowest BCUT2D eigenvalue weighted by atomic mass is 10.0. The normalized spacial score (nSPS) is 11.5. The van der Waals surface area contributed by atoms with E-state index in [1.807, 2.05) is 49.4 Å². The van der Waals surface area contributed by atoms with Gasteiger partial charge in [0.05, 0.1) is 7.11 Å². The molecule has 2 aromatic rings. The van der Waals surface area contributed by atoms with Crippen LogP contribution in [0, 0.1) is 0 Å². The summed E-state index contributed by atoms with van der Waals surface area (Å²) in [5.74, 6) is 0.320. The summed E-state index contributed by atoms with van der Waals surface area (Å²) in [5.41, 5.74) is 2.40. The lowest BCUT2D eigenvalue weighted by Crippen LogP contribution is -2.45. The minimum absolute atomic E-state index is 0.181. The van der Waals surface area contributed by atoms with Gasteiger partial charge in [0.1, 0.15) is 11.8 Å². The predicted molar refractivity (Wildman–Crippen MR) is 98.7 cm³/mol. The first-order valence-electron chi connectivity index (χ1n) is 8.36. The summed E-state index contributed by atoms with van der Waals surface area (Å²) in [5, 5.41) is 5.40. The van der Waals surface area contributed by atoms with Gasteiger partial charge >= 0.3 is 0 Å². The first-order valence-corrected chi connectivity index (χ1v) is 8.36. The van der Waals surface area contributed by atoms with Crippen molar-refractivity contribution in [2.45, 2.75) is 25.8 Å². The third-order valence-corrected chi connectivity index (χ3v) is 3.97. The van der Waals surface area contributed by atoms with Crippen LogP contribution in [0.15, 0.2) is 48.5 Å². The second kappa shape index (κ2) is 8.87. The molecule has 2 N–H and O–H groups in total. The van der Waals surface area contributed by atoms with E-state index in [9.17, 15) is 9.59 Å². The third kappa shape index (κ3) is 4.83. The quantitative estimate of drug-likeness (QED) is 0.814. The van der Waals surface area contributed by atoms with Crippen LogP contribution in [-0.4, -0.2) is 32.0 Å². The predicted octanol–water partition coefficient (Wildman–Crippen LogP) is 3.01. The molecule has 0 saturated carbocycles. The molecular formula is C20H24N2O3. The van der Waals surface area contributed by atoms with Gasteiger partial charge in [-0.05, 0) is 41.8 Å². The number of carbonyl (C=O) groups is 2. The van der Waals surface area contributed by atoms with Crippen LogP contribution in [0.25, 0.3) is 11.1 Å². The van der Waals surface area contributed by atoms with E-state index in [-0.39, 0.29) is 11.8 Å². The zero-order valence-electron chi connectivity index (χ0n) is 14.8. The fourth-order valence-electron chi connectivity index (χ4n) is 2.62. The molecule has 0 aromatic heterocycles. The summed E-state index contributed by atoms with van der Waals surface area (Å²) >= 11 is 0. The molecule has 0 aliphatic carbocycles. The highest BCUT2D eigenvalue weighted by Gasteiger charge is 2.19. The van der Waals surface area contributed by atoms with E-state index in [1.54, 1.807) is 20.2 Å². The number of hydrogen-bond acceptors (Lipinski definition) is 3. The molecule has 0 aliphatic heterocycles. The smallest absolute Gasteiger partial charge is 0.251 e. The number of hydrogen-bond donors (Lipinski definition) is 2. The average Bonchev–Trinajstić information content (AvgIpc) is 2.67. The Bertz CT molecular complexity index is 743. The zero-order chi connectivity index (χ0) is 18.2. The number of methoxy groups -OCH3 is 1. The number of carbonyl (C=O) groups excluding carboxylic acids is 2. The molecule has 0 heterocycles. The van der Waals surface area contributed by atoms with Gasteiger partial charge in [0.15, 0.2) is 0 Å². The van der Waals surface area contributed by atoms with E-state index in [4.69, 9.17) is 4.74 Å². The first-order chi connectivity index (χ1) is 12.1. The molecule has 5 heteroatoms. The van der Waals surface area contributed by atoms with Crippen molar-refractivity contribution in [2.24, 2.45) is 0 Å². The van der Waals surface area contributed by atoms with Gasteiger partial charge < -0.3 is 15.4 Å². The summed E-state index contributed by atoms with van der Waals surface area (Å²) in [6.07, 6.45) is 1.41. The van der Waals surface area contributed by atoms with Crippen LogP contribution in [0.5, 0.6) is 5.75 Å². The van der Waals surface area contributed by atoms with Crippen molar-refractivity contribution < 1.29 is 14.3 Å². The molecule has 0 fully saturated rings. The van der Waals surface area contributed by atoms with Crippen molar-refractivity contribution in [2.75, 3.05) is 14.2 Å². The molecule has 2 amide bonds. The van der Waals surface area contributed by atoms with Crippen molar-refractivity contribution in [1.29, 1.82) is 0 Å². The molecule has 5 nitrogen and oxygen atoms in total. The second-order valence-corrected chi connectivity index (χ2v) is 5.74. The summed E-state index contributed by atoms with van der Waals surface area (Å²) in [6.45, 7) is 1.98. The fourth-order valence-corrected chi connectivity index (χ4v) is 2.62. The van der Waals surface area contributed by atoms with Crippen LogP contribution in [0.3, 0.4) is 0 Å². The number of benzene rings is 2. The van der Waals surface area contributed by atoms with Crippen LogP contribution in [0.2, 0.25) is 0 Å².